The predicted octanol–water partition coefficient (Wildman–Crippen LogP) is 5.28. The molecule has 0 fully saturated rings. The monoisotopic (exact) mass is 444 g/mol. The number of hydrogen-bond acceptors (Lipinski definition) is 3. The van der Waals surface area contributed by atoms with Crippen molar-refractivity contribution in [2.24, 2.45) is 7.05 Å². The molecule has 3 aromatic carbocycles. The Morgan fingerprint density at radius 1 is 0.844 bits per heavy atom. The lowest BCUT2D eigenvalue weighted by Crippen LogP contribution is -2.16. The van der Waals surface area contributed by atoms with Crippen LogP contribution in [0.3, 0.4) is 0 Å². The summed E-state index contributed by atoms with van der Waals surface area (Å²) in [6.45, 7) is 2.00. The fourth-order valence-corrected chi connectivity index (χ4v) is 6.10. The third-order valence-corrected chi connectivity index (χ3v) is 7.91. The van der Waals surface area contributed by atoms with Crippen molar-refractivity contribution in [3.05, 3.63) is 95.8 Å². The molecule has 0 spiro atoms. The summed E-state index contributed by atoms with van der Waals surface area (Å²) < 4.78 is 36.5. The number of nitrogens with zero attached hydrogens (tertiary/aromatic N) is 2. The third kappa shape index (κ3) is 3.10. The van der Waals surface area contributed by atoms with Gasteiger partial charge in [0, 0.05) is 41.6 Å². The third-order valence-electron chi connectivity index (χ3n) is 6.14. The molecule has 162 valence electrons. The number of para-hydroxylation sites is 2. The molecule has 0 atom stereocenters. The van der Waals surface area contributed by atoms with Crippen molar-refractivity contribution in [3.63, 3.8) is 0 Å². The summed E-state index contributed by atoms with van der Waals surface area (Å²) in [7, 11) is -0.232. The van der Waals surface area contributed by atoms with Crippen molar-refractivity contribution >= 4 is 31.8 Å². The van der Waals surface area contributed by atoms with Gasteiger partial charge in [-0.2, -0.15) is 0 Å². The predicted molar refractivity (Wildman–Crippen MR) is 128 cm³/mol. The molecule has 0 aliphatic rings. The molecule has 0 unspecified atom stereocenters. The van der Waals surface area contributed by atoms with E-state index < -0.39 is 10.0 Å². The number of rotatable bonds is 5. The number of benzene rings is 3. The Morgan fingerprint density at radius 2 is 1.47 bits per heavy atom. The Labute approximate surface area is 187 Å². The van der Waals surface area contributed by atoms with Gasteiger partial charge in [-0.15, -0.1) is 0 Å². The van der Waals surface area contributed by atoms with E-state index in [1.807, 2.05) is 50.4 Å². The van der Waals surface area contributed by atoms with Crippen LogP contribution in [0.15, 0.2) is 83.9 Å². The second kappa shape index (κ2) is 7.57. The second-order valence-corrected chi connectivity index (χ2v) is 9.78. The van der Waals surface area contributed by atoms with Crippen LogP contribution in [0.25, 0.3) is 21.8 Å². The zero-order valence-electron chi connectivity index (χ0n) is 18.2. The maximum Gasteiger partial charge on any atom is 0.268 e. The van der Waals surface area contributed by atoms with Crippen LogP contribution in [0.4, 0.5) is 0 Å². The van der Waals surface area contributed by atoms with Gasteiger partial charge in [0.1, 0.15) is 5.75 Å². The topological polar surface area (TPSA) is 53.2 Å². The molecular formula is C26H24N2O3S. The zero-order chi connectivity index (χ0) is 22.5. The summed E-state index contributed by atoms with van der Waals surface area (Å²) in [5, 5.41) is 2.08. The lowest BCUT2D eigenvalue weighted by molar-refractivity contribution is 0.414. The summed E-state index contributed by atoms with van der Waals surface area (Å²) >= 11 is 0. The van der Waals surface area contributed by atoms with Crippen molar-refractivity contribution in [1.82, 2.24) is 8.54 Å². The first-order chi connectivity index (χ1) is 15.4. The van der Waals surface area contributed by atoms with E-state index in [2.05, 4.69) is 22.9 Å². The minimum absolute atomic E-state index is 0.234. The summed E-state index contributed by atoms with van der Waals surface area (Å²) in [6, 6.07) is 22.4. The SMILES string of the molecule is COc1ccc(S(=O)(=O)n2c(Cc3cn(C)c4ccccc34)c(C)c3ccccc32)cc1. The van der Waals surface area contributed by atoms with Gasteiger partial charge in [0.15, 0.2) is 0 Å². The van der Waals surface area contributed by atoms with E-state index in [1.165, 1.54) is 3.97 Å². The number of aryl methyl sites for hydroxylation is 2. The van der Waals surface area contributed by atoms with Crippen LogP contribution in [-0.4, -0.2) is 24.1 Å². The molecule has 5 nitrogen and oxygen atoms in total. The van der Waals surface area contributed by atoms with E-state index in [-0.39, 0.29) is 4.90 Å². The molecule has 0 amide bonds. The number of aromatic nitrogens is 2. The van der Waals surface area contributed by atoms with E-state index in [9.17, 15) is 8.42 Å². The summed E-state index contributed by atoms with van der Waals surface area (Å²) in [5.41, 5.74) is 4.67. The van der Waals surface area contributed by atoms with E-state index in [4.69, 9.17) is 4.74 Å². The van der Waals surface area contributed by atoms with E-state index in [0.29, 0.717) is 17.7 Å². The normalized spacial score (nSPS) is 12.0. The molecular weight excluding hydrogens is 420 g/mol. The Hall–Kier alpha value is -3.51. The summed E-state index contributed by atoms with van der Waals surface area (Å²) in [5.74, 6) is 0.619. The number of hydrogen-bond donors (Lipinski definition) is 0. The molecule has 32 heavy (non-hydrogen) atoms. The average Bonchev–Trinajstić information content (AvgIpc) is 3.29. The quantitative estimate of drug-likeness (QED) is 0.371. The lowest BCUT2D eigenvalue weighted by Gasteiger charge is -2.13. The average molecular weight is 445 g/mol. The Balaban J connectivity index is 1.74. The molecule has 0 radical (unpaired) electrons. The first-order valence-electron chi connectivity index (χ1n) is 10.4. The maximum atomic E-state index is 13.9. The zero-order valence-corrected chi connectivity index (χ0v) is 19.1. The molecule has 2 aromatic heterocycles. The molecule has 0 N–H and O–H groups in total. The number of ether oxygens (including phenoxy) is 1. The highest BCUT2D eigenvalue weighted by Gasteiger charge is 2.26. The number of methoxy groups -OCH3 is 1. The van der Waals surface area contributed by atoms with Gasteiger partial charge >= 0.3 is 0 Å². The summed E-state index contributed by atoms with van der Waals surface area (Å²) in [4.78, 5) is 0.234. The Bertz CT molecular complexity index is 1560. The van der Waals surface area contributed by atoms with Crippen molar-refractivity contribution in [3.8, 4) is 5.75 Å². The molecule has 5 rings (SSSR count). The van der Waals surface area contributed by atoms with Gasteiger partial charge in [0.05, 0.1) is 17.5 Å². The molecule has 2 heterocycles. The van der Waals surface area contributed by atoms with Gasteiger partial charge in [0.25, 0.3) is 10.0 Å². The minimum atomic E-state index is -3.81. The van der Waals surface area contributed by atoms with Crippen LogP contribution in [0, 0.1) is 6.92 Å². The van der Waals surface area contributed by atoms with E-state index in [0.717, 1.165) is 33.1 Å². The fraction of sp³-hybridized carbons (Fsp3) is 0.154. The van der Waals surface area contributed by atoms with Gasteiger partial charge in [-0.1, -0.05) is 36.4 Å². The molecule has 0 bridgehead atoms. The highest BCUT2D eigenvalue weighted by atomic mass is 32.2. The number of fused-ring (bicyclic) bond motifs is 2. The fourth-order valence-electron chi connectivity index (χ4n) is 4.50. The highest BCUT2D eigenvalue weighted by molar-refractivity contribution is 7.90. The second-order valence-electron chi connectivity index (χ2n) is 7.99. The first-order valence-corrected chi connectivity index (χ1v) is 11.9. The standard InChI is InChI=1S/C26H24N2O3S/c1-18-22-8-4-7-11-25(22)28(32(29,30)21-14-12-20(31-3)13-15-21)26(18)16-19-17-27(2)24-10-6-5-9-23(19)24/h4-15,17H,16H2,1-3H3. The Morgan fingerprint density at radius 3 is 2.16 bits per heavy atom. The van der Waals surface area contributed by atoms with Crippen molar-refractivity contribution in [1.29, 1.82) is 0 Å². The molecule has 0 aliphatic heterocycles. The molecule has 6 heteroatoms. The van der Waals surface area contributed by atoms with Gasteiger partial charge in [0.2, 0.25) is 0 Å². The van der Waals surface area contributed by atoms with Crippen molar-refractivity contribution in [2.75, 3.05) is 7.11 Å². The van der Waals surface area contributed by atoms with Crippen LogP contribution in [0.5, 0.6) is 5.75 Å². The Kier molecular flexibility index (Phi) is 4.82. The van der Waals surface area contributed by atoms with Gasteiger partial charge < -0.3 is 9.30 Å². The minimum Gasteiger partial charge on any atom is -0.497 e. The van der Waals surface area contributed by atoms with Crippen LogP contribution < -0.4 is 4.74 Å². The van der Waals surface area contributed by atoms with Gasteiger partial charge in [-0.3, -0.25) is 0 Å². The van der Waals surface area contributed by atoms with E-state index >= 15 is 0 Å². The molecule has 0 saturated heterocycles. The van der Waals surface area contributed by atoms with Crippen molar-refractivity contribution in [2.45, 2.75) is 18.2 Å². The molecule has 0 saturated carbocycles. The summed E-state index contributed by atoms with van der Waals surface area (Å²) in [6.07, 6.45) is 2.60. The van der Waals surface area contributed by atoms with Crippen LogP contribution in [0.2, 0.25) is 0 Å². The largest absolute Gasteiger partial charge is 0.497 e. The van der Waals surface area contributed by atoms with Crippen LogP contribution in [0.1, 0.15) is 16.8 Å². The van der Waals surface area contributed by atoms with Crippen molar-refractivity contribution < 1.29 is 13.2 Å². The van der Waals surface area contributed by atoms with E-state index in [1.54, 1.807) is 31.4 Å². The highest BCUT2D eigenvalue weighted by Crippen LogP contribution is 2.33. The molecule has 5 aromatic rings. The van der Waals surface area contributed by atoms with Crippen LogP contribution in [-0.2, 0) is 23.5 Å². The van der Waals surface area contributed by atoms with Gasteiger partial charge in [-0.05, 0) is 54.4 Å². The lowest BCUT2D eigenvalue weighted by atomic mass is 10.1. The molecule has 0 aliphatic carbocycles. The maximum absolute atomic E-state index is 13.9. The van der Waals surface area contributed by atoms with Crippen LogP contribution >= 0.6 is 0 Å². The van der Waals surface area contributed by atoms with Gasteiger partial charge in [-0.25, -0.2) is 12.4 Å². The smallest absolute Gasteiger partial charge is 0.268 e. The first kappa shape index (κ1) is 20.4.